The van der Waals surface area contributed by atoms with Crippen molar-refractivity contribution in [2.45, 2.75) is 19.0 Å². The highest BCUT2D eigenvalue weighted by Crippen LogP contribution is 2.22. The Morgan fingerprint density at radius 1 is 1.16 bits per heavy atom. The molecule has 1 heterocycles. The van der Waals surface area contributed by atoms with Gasteiger partial charge in [-0.05, 0) is 36.8 Å². The topological polar surface area (TPSA) is 55.2 Å². The van der Waals surface area contributed by atoms with Gasteiger partial charge in [0.2, 0.25) is 5.91 Å². The van der Waals surface area contributed by atoms with Gasteiger partial charge in [-0.3, -0.25) is 14.2 Å². The number of thioether (sulfide) groups is 1. The molecule has 1 aromatic heterocycles. The SMILES string of the molecule is CCN(CC)C(=O)CSc1nc2cc3ccccc3cc2c(=O)n1C. The number of carbonyl (C=O) groups is 1. The van der Waals surface area contributed by atoms with Gasteiger partial charge in [-0.15, -0.1) is 0 Å². The molecule has 0 bridgehead atoms. The van der Waals surface area contributed by atoms with Crippen LogP contribution in [0, 0.1) is 0 Å². The zero-order valence-electron chi connectivity index (χ0n) is 14.7. The lowest BCUT2D eigenvalue weighted by Gasteiger charge is -2.18. The summed E-state index contributed by atoms with van der Waals surface area (Å²) in [6.07, 6.45) is 0. The van der Waals surface area contributed by atoms with Crippen LogP contribution in [0.2, 0.25) is 0 Å². The molecular weight excluding hydrogens is 334 g/mol. The molecule has 0 spiro atoms. The Hall–Kier alpha value is -2.34. The van der Waals surface area contributed by atoms with E-state index in [2.05, 4.69) is 4.98 Å². The Labute approximate surface area is 150 Å². The summed E-state index contributed by atoms with van der Waals surface area (Å²) < 4.78 is 1.53. The monoisotopic (exact) mass is 355 g/mol. The third-order valence-corrected chi connectivity index (χ3v) is 5.36. The number of hydrogen-bond acceptors (Lipinski definition) is 4. The molecule has 0 fully saturated rings. The van der Waals surface area contributed by atoms with E-state index in [0.717, 1.165) is 10.8 Å². The quantitative estimate of drug-likeness (QED) is 0.401. The lowest BCUT2D eigenvalue weighted by atomic mass is 10.1. The Kier molecular flexibility index (Phi) is 5.08. The predicted octanol–water partition coefficient (Wildman–Crippen LogP) is 3.05. The minimum Gasteiger partial charge on any atom is -0.343 e. The smallest absolute Gasteiger partial charge is 0.261 e. The van der Waals surface area contributed by atoms with Crippen LogP contribution in [-0.4, -0.2) is 39.2 Å². The van der Waals surface area contributed by atoms with Crippen LogP contribution in [0.5, 0.6) is 0 Å². The minimum absolute atomic E-state index is 0.0582. The van der Waals surface area contributed by atoms with Crippen molar-refractivity contribution in [3.63, 3.8) is 0 Å². The number of aromatic nitrogens is 2. The van der Waals surface area contributed by atoms with Gasteiger partial charge in [-0.25, -0.2) is 4.98 Å². The van der Waals surface area contributed by atoms with Crippen LogP contribution in [0.15, 0.2) is 46.3 Å². The standard InChI is InChI=1S/C19H21N3O2S/c1-4-22(5-2)17(23)12-25-19-20-16-11-14-9-7-6-8-13(14)10-15(16)18(24)21(19)3/h6-11H,4-5,12H2,1-3H3. The molecule has 0 aliphatic carbocycles. The fourth-order valence-electron chi connectivity index (χ4n) is 2.86. The third-order valence-electron chi connectivity index (χ3n) is 4.34. The molecule has 25 heavy (non-hydrogen) atoms. The Bertz CT molecular complexity index is 993. The third kappa shape index (κ3) is 3.39. The first-order chi connectivity index (χ1) is 12.0. The van der Waals surface area contributed by atoms with Gasteiger partial charge in [0.1, 0.15) is 0 Å². The molecule has 0 aliphatic heterocycles. The number of hydrogen-bond donors (Lipinski definition) is 0. The van der Waals surface area contributed by atoms with E-state index in [-0.39, 0.29) is 17.2 Å². The van der Waals surface area contributed by atoms with Crippen LogP contribution in [0.1, 0.15) is 13.8 Å². The summed E-state index contributed by atoms with van der Waals surface area (Å²) in [7, 11) is 1.70. The van der Waals surface area contributed by atoms with Crippen molar-refractivity contribution < 1.29 is 4.79 Å². The van der Waals surface area contributed by atoms with Crippen LogP contribution >= 0.6 is 11.8 Å². The molecule has 6 heteroatoms. The highest BCUT2D eigenvalue weighted by atomic mass is 32.2. The van der Waals surface area contributed by atoms with Gasteiger partial charge in [0.15, 0.2) is 5.16 Å². The maximum Gasteiger partial charge on any atom is 0.261 e. The summed E-state index contributed by atoms with van der Waals surface area (Å²) in [5, 5.41) is 3.23. The van der Waals surface area contributed by atoms with Gasteiger partial charge in [-0.2, -0.15) is 0 Å². The Morgan fingerprint density at radius 2 is 1.80 bits per heavy atom. The maximum absolute atomic E-state index is 12.7. The van der Waals surface area contributed by atoms with Gasteiger partial charge in [0.25, 0.3) is 5.56 Å². The van der Waals surface area contributed by atoms with Crippen molar-refractivity contribution in [1.29, 1.82) is 0 Å². The summed E-state index contributed by atoms with van der Waals surface area (Å²) >= 11 is 1.31. The first-order valence-electron chi connectivity index (χ1n) is 8.35. The molecule has 0 saturated carbocycles. The molecule has 3 rings (SSSR count). The van der Waals surface area contributed by atoms with Crippen molar-refractivity contribution in [2.24, 2.45) is 7.05 Å². The van der Waals surface area contributed by atoms with Crippen LogP contribution in [0.3, 0.4) is 0 Å². The largest absolute Gasteiger partial charge is 0.343 e. The molecule has 0 N–H and O–H groups in total. The van der Waals surface area contributed by atoms with E-state index in [1.54, 1.807) is 11.9 Å². The van der Waals surface area contributed by atoms with E-state index in [1.807, 2.05) is 50.2 Å². The molecule has 0 aliphatic rings. The van der Waals surface area contributed by atoms with Crippen LogP contribution in [0.25, 0.3) is 21.7 Å². The Balaban J connectivity index is 1.99. The van der Waals surface area contributed by atoms with Crippen molar-refractivity contribution in [3.05, 3.63) is 46.8 Å². The summed E-state index contributed by atoms with van der Waals surface area (Å²) in [6.45, 7) is 5.29. The number of rotatable bonds is 5. The number of nitrogens with zero attached hydrogens (tertiary/aromatic N) is 3. The van der Waals surface area contributed by atoms with E-state index in [0.29, 0.717) is 29.1 Å². The highest BCUT2D eigenvalue weighted by Gasteiger charge is 2.14. The van der Waals surface area contributed by atoms with Gasteiger partial charge >= 0.3 is 0 Å². The highest BCUT2D eigenvalue weighted by molar-refractivity contribution is 7.99. The second-order valence-electron chi connectivity index (χ2n) is 5.83. The van der Waals surface area contributed by atoms with Gasteiger partial charge < -0.3 is 4.90 Å². The second-order valence-corrected chi connectivity index (χ2v) is 6.77. The molecule has 1 amide bonds. The summed E-state index contributed by atoms with van der Waals surface area (Å²) in [5.41, 5.74) is 0.577. The zero-order chi connectivity index (χ0) is 18.0. The van der Waals surface area contributed by atoms with Crippen LogP contribution in [-0.2, 0) is 11.8 Å². The molecular formula is C19H21N3O2S. The first-order valence-corrected chi connectivity index (χ1v) is 9.33. The molecule has 0 atom stereocenters. The number of benzene rings is 2. The van der Waals surface area contributed by atoms with Gasteiger partial charge in [-0.1, -0.05) is 36.0 Å². The van der Waals surface area contributed by atoms with Crippen LogP contribution < -0.4 is 5.56 Å². The normalized spacial score (nSPS) is 11.2. The number of fused-ring (bicyclic) bond motifs is 2. The van der Waals surface area contributed by atoms with Crippen molar-refractivity contribution in [2.75, 3.05) is 18.8 Å². The van der Waals surface area contributed by atoms with E-state index >= 15 is 0 Å². The first kappa shape index (κ1) is 17.5. The molecule has 0 radical (unpaired) electrons. The number of carbonyl (C=O) groups excluding carboxylic acids is 1. The van der Waals surface area contributed by atoms with Gasteiger partial charge in [0.05, 0.1) is 16.7 Å². The molecule has 2 aromatic carbocycles. The van der Waals surface area contributed by atoms with Gasteiger partial charge in [0, 0.05) is 20.1 Å². The molecule has 0 unspecified atom stereocenters. The van der Waals surface area contributed by atoms with E-state index in [1.165, 1.54) is 16.3 Å². The second kappa shape index (κ2) is 7.27. The summed E-state index contributed by atoms with van der Waals surface area (Å²) in [6, 6.07) is 11.7. The Morgan fingerprint density at radius 3 is 2.44 bits per heavy atom. The summed E-state index contributed by atoms with van der Waals surface area (Å²) in [4.78, 5) is 31.3. The minimum atomic E-state index is -0.0893. The van der Waals surface area contributed by atoms with Crippen LogP contribution in [0.4, 0.5) is 0 Å². The molecule has 3 aromatic rings. The van der Waals surface area contributed by atoms with E-state index in [9.17, 15) is 9.59 Å². The van der Waals surface area contributed by atoms with Crippen molar-refractivity contribution in [3.8, 4) is 0 Å². The molecule has 5 nitrogen and oxygen atoms in total. The average molecular weight is 355 g/mol. The summed E-state index contributed by atoms with van der Waals surface area (Å²) in [5.74, 6) is 0.337. The fourth-order valence-corrected chi connectivity index (χ4v) is 3.74. The lowest BCUT2D eigenvalue weighted by Crippen LogP contribution is -2.32. The van der Waals surface area contributed by atoms with E-state index in [4.69, 9.17) is 0 Å². The molecule has 130 valence electrons. The zero-order valence-corrected chi connectivity index (χ0v) is 15.5. The van der Waals surface area contributed by atoms with Crippen molar-refractivity contribution in [1.82, 2.24) is 14.5 Å². The van der Waals surface area contributed by atoms with Crippen molar-refractivity contribution >= 4 is 39.3 Å². The van der Waals surface area contributed by atoms with E-state index < -0.39 is 0 Å². The lowest BCUT2D eigenvalue weighted by molar-refractivity contribution is -0.127. The maximum atomic E-state index is 12.7. The molecule has 0 saturated heterocycles. The number of amides is 1. The predicted molar refractivity (Wildman–Crippen MR) is 103 cm³/mol. The fraction of sp³-hybridized carbons (Fsp3) is 0.316. The average Bonchev–Trinajstić information content (AvgIpc) is 2.63.